The normalized spacial score (nSPS) is 16.1. The van der Waals surface area contributed by atoms with E-state index in [2.05, 4.69) is 29.2 Å². The minimum absolute atomic E-state index is 0.562. The number of rotatable bonds is 3. The van der Waals surface area contributed by atoms with Crippen LogP contribution in [0.1, 0.15) is 0 Å². The van der Waals surface area contributed by atoms with Gasteiger partial charge < -0.3 is 14.0 Å². The molecule has 0 saturated heterocycles. The maximum absolute atomic E-state index is 15.9. The molecule has 0 spiro atoms. The summed E-state index contributed by atoms with van der Waals surface area (Å²) in [6.45, 7) is 0. The van der Waals surface area contributed by atoms with Crippen LogP contribution in [0.5, 0.6) is 23.0 Å². The molecule has 5 heteroatoms. The second-order valence-corrected chi connectivity index (χ2v) is 12.6. The van der Waals surface area contributed by atoms with Crippen LogP contribution < -0.4 is 25.4 Å². The van der Waals surface area contributed by atoms with Gasteiger partial charge in [0.05, 0.1) is 10.6 Å². The van der Waals surface area contributed by atoms with Gasteiger partial charge in [0.15, 0.2) is 7.14 Å². The van der Waals surface area contributed by atoms with Gasteiger partial charge in [-0.05, 0) is 76.3 Å². The standard InChI is InChI=1S/C35H22NO3P/c37-40-32-21-26(23-7-3-1-4-8-23)11-14-29(32)38-31-16-13-28(25-17-19-36-20-18-25)34(35(31)40)39-30-15-12-27(22-33(30)40)24-9-5-2-6-10-24/h1-22H. The SMILES string of the molecule is O=P12c3cc(-c4ccccc4)ccc3Oc3ccc(-c4ccncc4)c(c31)Oc1ccc(-c3ccccc3)cc12. The molecule has 0 N–H and O–H groups in total. The molecule has 3 heterocycles. The number of fused-ring (bicyclic) bond motifs is 4. The van der Waals surface area contributed by atoms with Gasteiger partial charge in [-0.1, -0.05) is 72.8 Å². The zero-order valence-corrected chi connectivity index (χ0v) is 22.2. The third-order valence-corrected chi connectivity index (χ3v) is 10.8. The lowest BCUT2D eigenvalue weighted by Gasteiger charge is -2.36. The lowest BCUT2D eigenvalue weighted by Crippen LogP contribution is -2.35. The summed E-state index contributed by atoms with van der Waals surface area (Å²) in [5.74, 6) is 2.34. The van der Waals surface area contributed by atoms with Crippen molar-refractivity contribution in [1.29, 1.82) is 0 Å². The van der Waals surface area contributed by atoms with E-state index in [1.165, 1.54) is 0 Å². The van der Waals surface area contributed by atoms with Crippen LogP contribution in [0.4, 0.5) is 0 Å². The highest BCUT2D eigenvalue weighted by Crippen LogP contribution is 2.60. The molecule has 8 rings (SSSR count). The average Bonchev–Trinajstić information content (AvgIpc) is 3.02. The first-order valence-electron chi connectivity index (χ1n) is 13.1. The van der Waals surface area contributed by atoms with Crippen LogP contribution in [0.25, 0.3) is 33.4 Å². The van der Waals surface area contributed by atoms with E-state index in [1.807, 2.05) is 97.1 Å². The molecule has 40 heavy (non-hydrogen) atoms. The molecule has 0 fully saturated rings. The van der Waals surface area contributed by atoms with Crippen molar-refractivity contribution in [1.82, 2.24) is 4.98 Å². The average molecular weight is 536 g/mol. The zero-order valence-electron chi connectivity index (χ0n) is 21.3. The summed E-state index contributed by atoms with van der Waals surface area (Å²) < 4.78 is 29.0. The Bertz CT molecular complexity index is 1920. The zero-order chi connectivity index (χ0) is 26.7. The number of ether oxygens (including phenoxy) is 2. The summed E-state index contributed by atoms with van der Waals surface area (Å²) in [6, 6.07) is 40.0. The summed E-state index contributed by atoms with van der Waals surface area (Å²) >= 11 is 0. The summed E-state index contributed by atoms with van der Waals surface area (Å²) in [5, 5.41) is 1.98. The molecular formula is C35H22NO3P. The lowest BCUT2D eigenvalue weighted by molar-refractivity contribution is 0.463. The van der Waals surface area contributed by atoms with Crippen LogP contribution in [-0.4, -0.2) is 4.98 Å². The Kier molecular flexibility index (Phi) is 5.07. The van der Waals surface area contributed by atoms with Gasteiger partial charge in [-0.25, -0.2) is 0 Å². The fourth-order valence-electron chi connectivity index (χ4n) is 5.71. The second kappa shape index (κ2) is 8.81. The summed E-state index contributed by atoms with van der Waals surface area (Å²) in [5.41, 5.74) is 5.87. The molecule has 0 amide bonds. The Labute approximate surface area is 231 Å². The van der Waals surface area contributed by atoms with Gasteiger partial charge in [-0.2, -0.15) is 0 Å². The maximum Gasteiger partial charge on any atom is 0.185 e. The van der Waals surface area contributed by atoms with Crippen LogP contribution in [-0.2, 0) is 4.57 Å². The number of aromatic nitrogens is 1. The molecule has 2 aliphatic rings. The van der Waals surface area contributed by atoms with Crippen LogP contribution in [0.2, 0.25) is 0 Å². The molecule has 5 aromatic carbocycles. The fraction of sp³-hybridized carbons (Fsp3) is 0. The highest BCUT2D eigenvalue weighted by Gasteiger charge is 2.47. The van der Waals surface area contributed by atoms with E-state index in [9.17, 15) is 0 Å². The Morgan fingerprint density at radius 3 is 1.65 bits per heavy atom. The Balaban J connectivity index is 1.43. The molecule has 0 bridgehead atoms. The number of benzene rings is 5. The van der Waals surface area contributed by atoms with Gasteiger partial charge in [0.1, 0.15) is 28.3 Å². The third kappa shape index (κ3) is 3.40. The largest absolute Gasteiger partial charge is 0.456 e. The minimum Gasteiger partial charge on any atom is -0.456 e. The molecular weight excluding hydrogens is 513 g/mol. The molecule has 0 saturated carbocycles. The van der Waals surface area contributed by atoms with Gasteiger partial charge in [-0.3, -0.25) is 4.98 Å². The van der Waals surface area contributed by atoms with Crippen molar-refractivity contribution >= 4 is 23.1 Å². The van der Waals surface area contributed by atoms with Crippen molar-refractivity contribution in [3.63, 3.8) is 0 Å². The Morgan fingerprint density at radius 1 is 0.500 bits per heavy atom. The molecule has 0 aliphatic carbocycles. The van der Waals surface area contributed by atoms with Crippen LogP contribution in [0, 0.1) is 0 Å². The first-order valence-corrected chi connectivity index (χ1v) is 14.8. The summed E-state index contributed by atoms with van der Waals surface area (Å²) in [6.07, 6.45) is 3.50. The van der Waals surface area contributed by atoms with E-state index in [0.29, 0.717) is 38.9 Å². The van der Waals surface area contributed by atoms with E-state index < -0.39 is 7.14 Å². The molecule has 4 nitrogen and oxygen atoms in total. The van der Waals surface area contributed by atoms with Crippen LogP contribution >= 0.6 is 7.14 Å². The third-order valence-electron chi connectivity index (χ3n) is 7.64. The van der Waals surface area contributed by atoms with Gasteiger partial charge in [-0.15, -0.1) is 0 Å². The van der Waals surface area contributed by atoms with E-state index >= 15 is 4.57 Å². The summed E-state index contributed by atoms with van der Waals surface area (Å²) in [4.78, 5) is 4.18. The van der Waals surface area contributed by atoms with Crippen molar-refractivity contribution in [3.05, 3.63) is 134 Å². The highest BCUT2D eigenvalue weighted by molar-refractivity contribution is 7.86. The van der Waals surface area contributed by atoms with Crippen molar-refractivity contribution in [2.45, 2.75) is 0 Å². The van der Waals surface area contributed by atoms with Gasteiger partial charge in [0.2, 0.25) is 0 Å². The monoisotopic (exact) mass is 535 g/mol. The predicted octanol–water partition coefficient (Wildman–Crippen LogP) is 7.93. The van der Waals surface area contributed by atoms with E-state index in [4.69, 9.17) is 9.47 Å². The van der Waals surface area contributed by atoms with Crippen molar-refractivity contribution < 1.29 is 14.0 Å². The molecule has 0 radical (unpaired) electrons. The molecule has 2 aliphatic heterocycles. The number of hydrogen-bond acceptors (Lipinski definition) is 4. The first kappa shape index (κ1) is 23.0. The number of pyridine rings is 1. The van der Waals surface area contributed by atoms with E-state index in [-0.39, 0.29) is 0 Å². The maximum atomic E-state index is 15.9. The second-order valence-electron chi connectivity index (χ2n) is 9.94. The molecule has 1 aromatic heterocycles. The smallest absolute Gasteiger partial charge is 0.185 e. The predicted molar refractivity (Wildman–Crippen MR) is 160 cm³/mol. The van der Waals surface area contributed by atoms with Crippen LogP contribution in [0.15, 0.2) is 134 Å². The molecule has 6 aromatic rings. The molecule has 1 atom stereocenters. The van der Waals surface area contributed by atoms with Gasteiger partial charge >= 0.3 is 0 Å². The number of nitrogens with zero attached hydrogens (tertiary/aromatic N) is 1. The van der Waals surface area contributed by atoms with E-state index in [1.54, 1.807) is 12.4 Å². The molecule has 190 valence electrons. The quantitative estimate of drug-likeness (QED) is 0.216. The van der Waals surface area contributed by atoms with Crippen molar-refractivity contribution in [2.24, 2.45) is 0 Å². The minimum atomic E-state index is -3.42. The topological polar surface area (TPSA) is 48.4 Å². The Hall–Kier alpha value is -4.92. The van der Waals surface area contributed by atoms with Crippen LogP contribution in [0.3, 0.4) is 0 Å². The van der Waals surface area contributed by atoms with Crippen molar-refractivity contribution in [2.75, 3.05) is 0 Å². The molecule has 1 unspecified atom stereocenters. The first-order chi connectivity index (χ1) is 19.7. The van der Waals surface area contributed by atoms with Gasteiger partial charge in [0.25, 0.3) is 0 Å². The number of hydrogen-bond donors (Lipinski definition) is 0. The van der Waals surface area contributed by atoms with Crippen molar-refractivity contribution in [3.8, 4) is 56.4 Å². The highest BCUT2D eigenvalue weighted by atomic mass is 31.2. The van der Waals surface area contributed by atoms with Gasteiger partial charge in [0, 0.05) is 18.0 Å². The van der Waals surface area contributed by atoms with E-state index in [0.717, 1.165) is 33.4 Å². The lowest BCUT2D eigenvalue weighted by atomic mass is 10.0. The fourth-order valence-corrected chi connectivity index (χ4v) is 8.84. The Morgan fingerprint density at radius 2 is 1.05 bits per heavy atom. The summed E-state index contributed by atoms with van der Waals surface area (Å²) in [7, 11) is -3.42.